The van der Waals surface area contributed by atoms with Crippen molar-refractivity contribution in [2.45, 2.75) is 74.7 Å². The SMILES string of the molecule is NC1CCCCC1(N)[C@]1(O)CCCC[C@H]1O. The molecule has 2 rings (SSSR count). The highest BCUT2D eigenvalue weighted by Gasteiger charge is 2.56. The van der Waals surface area contributed by atoms with Gasteiger partial charge in [-0.3, -0.25) is 0 Å². The summed E-state index contributed by atoms with van der Waals surface area (Å²) in [5, 5.41) is 20.8. The Balaban J connectivity index is 2.25. The summed E-state index contributed by atoms with van der Waals surface area (Å²) < 4.78 is 0. The summed E-state index contributed by atoms with van der Waals surface area (Å²) in [6.07, 6.45) is 6.06. The van der Waals surface area contributed by atoms with Crippen molar-refractivity contribution in [3.05, 3.63) is 0 Å². The van der Waals surface area contributed by atoms with E-state index in [1.54, 1.807) is 0 Å². The minimum absolute atomic E-state index is 0.195. The van der Waals surface area contributed by atoms with Crippen LogP contribution in [0.2, 0.25) is 0 Å². The second-order valence-corrected chi connectivity index (χ2v) is 5.58. The summed E-state index contributed by atoms with van der Waals surface area (Å²) in [5.74, 6) is 0. The lowest BCUT2D eigenvalue weighted by Gasteiger charge is -2.54. The Labute approximate surface area is 97.0 Å². The second kappa shape index (κ2) is 4.26. The van der Waals surface area contributed by atoms with Gasteiger partial charge >= 0.3 is 0 Å². The number of aliphatic hydroxyl groups is 2. The molecule has 0 saturated heterocycles. The second-order valence-electron chi connectivity index (χ2n) is 5.58. The predicted octanol–water partition coefficient (Wildman–Crippen LogP) is 0.251. The molecule has 2 aliphatic carbocycles. The van der Waals surface area contributed by atoms with Crippen LogP contribution in [0.1, 0.15) is 51.4 Å². The lowest BCUT2D eigenvalue weighted by molar-refractivity contribution is -0.158. The zero-order chi connectivity index (χ0) is 11.8. The third-order valence-corrected chi connectivity index (χ3v) is 4.66. The average Bonchev–Trinajstić information content (AvgIpc) is 2.27. The first kappa shape index (κ1) is 12.3. The highest BCUT2D eigenvalue weighted by atomic mass is 16.3. The van der Waals surface area contributed by atoms with Crippen LogP contribution >= 0.6 is 0 Å². The summed E-state index contributed by atoms with van der Waals surface area (Å²) in [7, 11) is 0. The molecule has 0 spiro atoms. The van der Waals surface area contributed by atoms with Crippen LogP contribution in [0.25, 0.3) is 0 Å². The molecule has 0 aromatic carbocycles. The topological polar surface area (TPSA) is 92.5 Å². The van der Waals surface area contributed by atoms with Gasteiger partial charge in [0.25, 0.3) is 0 Å². The van der Waals surface area contributed by atoms with Crippen LogP contribution in [0.4, 0.5) is 0 Å². The molecule has 4 nitrogen and oxygen atoms in total. The minimum Gasteiger partial charge on any atom is -0.390 e. The molecular weight excluding hydrogens is 204 g/mol. The van der Waals surface area contributed by atoms with E-state index in [-0.39, 0.29) is 6.04 Å². The maximum absolute atomic E-state index is 10.7. The molecule has 0 aromatic rings. The molecule has 2 fully saturated rings. The van der Waals surface area contributed by atoms with E-state index in [1.807, 2.05) is 0 Å². The zero-order valence-corrected chi connectivity index (χ0v) is 9.86. The molecule has 94 valence electrons. The van der Waals surface area contributed by atoms with Gasteiger partial charge in [0.15, 0.2) is 0 Å². The third-order valence-electron chi connectivity index (χ3n) is 4.66. The number of rotatable bonds is 1. The smallest absolute Gasteiger partial charge is 0.110 e. The van der Waals surface area contributed by atoms with Gasteiger partial charge in [0.1, 0.15) is 5.60 Å². The number of hydrogen-bond acceptors (Lipinski definition) is 4. The maximum atomic E-state index is 10.7. The molecule has 0 aromatic heterocycles. The fourth-order valence-corrected chi connectivity index (χ4v) is 3.44. The summed E-state index contributed by atoms with van der Waals surface area (Å²) >= 11 is 0. The van der Waals surface area contributed by atoms with Crippen LogP contribution in [0, 0.1) is 0 Å². The van der Waals surface area contributed by atoms with Crippen molar-refractivity contribution in [2.24, 2.45) is 11.5 Å². The first-order chi connectivity index (χ1) is 7.51. The normalized spacial score (nSPS) is 50.2. The largest absolute Gasteiger partial charge is 0.390 e. The molecule has 0 bridgehead atoms. The predicted molar refractivity (Wildman–Crippen MR) is 62.8 cm³/mol. The van der Waals surface area contributed by atoms with Gasteiger partial charge in [-0.1, -0.05) is 25.7 Å². The molecule has 4 atom stereocenters. The Morgan fingerprint density at radius 2 is 1.62 bits per heavy atom. The Kier molecular flexibility index (Phi) is 3.27. The molecule has 4 heteroatoms. The number of nitrogens with two attached hydrogens (primary N) is 2. The van der Waals surface area contributed by atoms with Crippen LogP contribution in [-0.2, 0) is 0 Å². The zero-order valence-electron chi connectivity index (χ0n) is 9.86. The lowest BCUT2D eigenvalue weighted by Crippen LogP contribution is -2.74. The number of hydrogen-bond donors (Lipinski definition) is 4. The van der Waals surface area contributed by atoms with E-state index in [0.29, 0.717) is 12.8 Å². The van der Waals surface area contributed by atoms with E-state index in [2.05, 4.69) is 0 Å². The molecule has 2 saturated carbocycles. The first-order valence-electron chi connectivity index (χ1n) is 6.45. The van der Waals surface area contributed by atoms with Gasteiger partial charge < -0.3 is 21.7 Å². The van der Waals surface area contributed by atoms with Crippen molar-refractivity contribution in [1.29, 1.82) is 0 Å². The van der Waals surface area contributed by atoms with Crippen molar-refractivity contribution >= 4 is 0 Å². The highest BCUT2D eigenvalue weighted by Crippen LogP contribution is 2.42. The van der Waals surface area contributed by atoms with E-state index in [4.69, 9.17) is 11.5 Å². The molecule has 0 heterocycles. The van der Waals surface area contributed by atoms with Gasteiger partial charge in [-0.25, -0.2) is 0 Å². The van der Waals surface area contributed by atoms with E-state index < -0.39 is 17.2 Å². The Morgan fingerprint density at radius 1 is 1.00 bits per heavy atom. The van der Waals surface area contributed by atoms with E-state index >= 15 is 0 Å². The standard InChI is InChI=1S/C12H24N2O2/c13-9-5-1-3-7-11(9,14)12(16)8-4-2-6-10(12)15/h9-10,15-16H,1-8,13-14H2/t9?,10-,11?,12+/m1/s1. The van der Waals surface area contributed by atoms with E-state index in [9.17, 15) is 10.2 Å². The van der Waals surface area contributed by atoms with Crippen LogP contribution in [0.15, 0.2) is 0 Å². The molecule has 16 heavy (non-hydrogen) atoms. The average molecular weight is 228 g/mol. The Morgan fingerprint density at radius 3 is 2.25 bits per heavy atom. The fraction of sp³-hybridized carbons (Fsp3) is 1.00. The molecule has 0 aliphatic heterocycles. The van der Waals surface area contributed by atoms with Crippen LogP contribution in [-0.4, -0.2) is 33.5 Å². The van der Waals surface area contributed by atoms with Crippen LogP contribution in [0.5, 0.6) is 0 Å². The summed E-state index contributed by atoms with van der Waals surface area (Å²) in [6, 6.07) is -0.195. The van der Waals surface area contributed by atoms with Gasteiger partial charge in [-0.05, 0) is 25.7 Å². The lowest BCUT2D eigenvalue weighted by atomic mass is 9.61. The van der Waals surface area contributed by atoms with Crippen LogP contribution < -0.4 is 11.5 Å². The Hall–Kier alpha value is -0.160. The van der Waals surface area contributed by atoms with Gasteiger partial charge in [-0.15, -0.1) is 0 Å². The molecule has 6 N–H and O–H groups in total. The first-order valence-corrected chi connectivity index (χ1v) is 6.45. The minimum atomic E-state index is -1.18. The maximum Gasteiger partial charge on any atom is 0.110 e. The van der Waals surface area contributed by atoms with Gasteiger partial charge in [0.2, 0.25) is 0 Å². The Bertz CT molecular complexity index is 235. The van der Waals surface area contributed by atoms with Crippen molar-refractivity contribution in [3.63, 3.8) is 0 Å². The summed E-state index contributed by atoms with van der Waals surface area (Å²) in [5.41, 5.74) is 10.5. The van der Waals surface area contributed by atoms with Crippen molar-refractivity contribution in [2.75, 3.05) is 0 Å². The van der Waals surface area contributed by atoms with Crippen LogP contribution in [0.3, 0.4) is 0 Å². The van der Waals surface area contributed by atoms with Crippen molar-refractivity contribution in [3.8, 4) is 0 Å². The van der Waals surface area contributed by atoms with Gasteiger partial charge in [-0.2, -0.15) is 0 Å². The quantitative estimate of drug-likeness (QED) is 0.517. The molecule has 0 amide bonds. The summed E-state index contributed by atoms with van der Waals surface area (Å²) in [6.45, 7) is 0. The molecular formula is C12H24N2O2. The molecule has 2 aliphatic rings. The van der Waals surface area contributed by atoms with Gasteiger partial charge in [0, 0.05) is 6.04 Å². The van der Waals surface area contributed by atoms with E-state index in [1.165, 1.54) is 0 Å². The van der Waals surface area contributed by atoms with Crippen molar-refractivity contribution < 1.29 is 10.2 Å². The fourth-order valence-electron chi connectivity index (χ4n) is 3.44. The summed E-state index contributed by atoms with van der Waals surface area (Å²) in [4.78, 5) is 0. The molecule has 2 unspecified atom stereocenters. The number of aliphatic hydroxyl groups excluding tert-OH is 1. The molecule has 0 radical (unpaired) electrons. The highest BCUT2D eigenvalue weighted by molar-refractivity contribution is 5.14. The monoisotopic (exact) mass is 228 g/mol. The van der Waals surface area contributed by atoms with Crippen molar-refractivity contribution in [1.82, 2.24) is 0 Å². The van der Waals surface area contributed by atoms with E-state index in [0.717, 1.165) is 38.5 Å². The van der Waals surface area contributed by atoms with Gasteiger partial charge in [0.05, 0.1) is 11.6 Å². The third kappa shape index (κ3) is 1.68.